The molecule has 1 unspecified atom stereocenters. The first-order valence-corrected chi connectivity index (χ1v) is 11.1. The molecule has 0 aromatic heterocycles. The predicted octanol–water partition coefficient (Wildman–Crippen LogP) is 4.36. The van der Waals surface area contributed by atoms with Crippen LogP contribution in [0.15, 0.2) is 11.6 Å². The van der Waals surface area contributed by atoms with Crippen molar-refractivity contribution in [2.75, 3.05) is 12.4 Å². The van der Waals surface area contributed by atoms with Gasteiger partial charge in [0.1, 0.15) is 17.9 Å². The van der Waals surface area contributed by atoms with Crippen LogP contribution in [-0.2, 0) is 31.9 Å². The SMILES string of the molecule is COc1c(C)c2c(c(OC(=O)CCCBr)c1C/C=C(\C)CCC(=O)OP)C(=O)OC2. The smallest absolute Gasteiger partial charge is 0.342 e. The molecule has 0 spiro atoms. The normalized spacial score (nSPS) is 13.0. The minimum Gasteiger partial charge on any atom is -0.496 e. The summed E-state index contributed by atoms with van der Waals surface area (Å²) in [4.78, 5) is 36.1. The molecule has 1 aliphatic rings. The van der Waals surface area contributed by atoms with Gasteiger partial charge in [0, 0.05) is 29.3 Å². The van der Waals surface area contributed by atoms with E-state index in [4.69, 9.17) is 14.2 Å². The third-order valence-electron chi connectivity index (χ3n) is 4.87. The number of fused-ring (bicyclic) bond motifs is 1. The van der Waals surface area contributed by atoms with Crippen molar-refractivity contribution in [3.05, 3.63) is 33.9 Å². The first kappa shape index (κ1) is 24.4. The summed E-state index contributed by atoms with van der Waals surface area (Å²) in [5, 5.41) is 0.674. The van der Waals surface area contributed by atoms with E-state index >= 15 is 0 Å². The van der Waals surface area contributed by atoms with Crippen LogP contribution in [0.3, 0.4) is 0 Å². The number of carbonyl (C=O) groups excluding carboxylic acids is 3. The second kappa shape index (κ2) is 11.5. The van der Waals surface area contributed by atoms with Crippen molar-refractivity contribution in [2.24, 2.45) is 0 Å². The van der Waals surface area contributed by atoms with Crippen LogP contribution in [-0.4, -0.2) is 30.3 Å². The average molecular weight is 501 g/mol. The average Bonchev–Trinajstić information content (AvgIpc) is 3.12. The molecule has 0 saturated heterocycles. The number of carbonyl (C=O) groups is 3. The zero-order chi connectivity index (χ0) is 22.3. The van der Waals surface area contributed by atoms with Gasteiger partial charge in [0.25, 0.3) is 0 Å². The van der Waals surface area contributed by atoms with Gasteiger partial charge in [0.15, 0.2) is 5.75 Å². The summed E-state index contributed by atoms with van der Waals surface area (Å²) in [6.07, 6.45) is 3.92. The summed E-state index contributed by atoms with van der Waals surface area (Å²) < 4.78 is 21.1. The quantitative estimate of drug-likeness (QED) is 0.155. The monoisotopic (exact) mass is 500 g/mol. The first-order valence-electron chi connectivity index (χ1n) is 9.55. The summed E-state index contributed by atoms with van der Waals surface area (Å²) in [5.41, 5.74) is 3.31. The molecule has 0 bridgehead atoms. The maximum Gasteiger partial charge on any atom is 0.342 e. The Morgan fingerprint density at radius 2 is 1.93 bits per heavy atom. The fourth-order valence-electron chi connectivity index (χ4n) is 3.23. The van der Waals surface area contributed by atoms with Crippen molar-refractivity contribution in [1.29, 1.82) is 0 Å². The lowest BCUT2D eigenvalue weighted by atomic mass is 9.94. The van der Waals surface area contributed by atoms with Gasteiger partial charge in [-0.2, -0.15) is 0 Å². The zero-order valence-electron chi connectivity index (χ0n) is 17.3. The van der Waals surface area contributed by atoms with Crippen LogP contribution in [0, 0.1) is 6.92 Å². The Morgan fingerprint density at radius 3 is 2.57 bits per heavy atom. The van der Waals surface area contributed by atoms with Gasteiger partial charge in [-0.25, -0.2) is 4.79 Å². The molecule has 0 N–H and O–H groups in total. The lowest BCUT2D eigenvalue weighted by molar-refractivity contribution is -0.134. The number of hydrogen-bond donors (Lipinski definition) is 0. The Balaban J connectivity index is 2.44. The number of benzene rings is 1. The number of ether oxygens (including phenoxy) is 3. The molecular weight excluding hydrogens is 475 g/mol. The van der Waals surface area contributed by atoms with E-state index in [9.17, 15) is 14.4 Å². The molecule has 9 heteroatoms. The Bertz CT molecular complexity index is 864. The van der Waals surface area contributed by atoms with Gasteiger partial charge in [-0.1, -0.05) is 27.6 Å². The van der Waals surface area contributed by atoms with Gasteiger partial charge >= 0.3 is 17.9 Å². The van der Waals surface area contributed by atoms with Crippen LogP contribution in [0.5, 0.6) is 11.5 Å². The highest BCUT2D eigenvalue weighted by Gasteiger charge is 2.34. The molecule has 0 saturated carbocycles. The largest absolute Gasteiger partial charge is 0.496 e. The molecule has 1 aromatic rings. The third-order valence-corrected chi connectivity index (χ3v) is 5.69. The summed E-state index contributed by atoms with van der Waals surface area (Å²) in [7, 11) is 3.48. The Labute approximate surface area is 186 Å². The van der Waals surface area contributed by atoms with Crippen molar-refractivity contribution in [1.82, 2.24) is 0 Å². The summed E-state index contributed by atoms with van der Waals surface area (Å²) in [6, 6.07) is 0. The van der Waals surface area contributed by atoms with E-state index in [1.807, 2.05) is 29.4 Å². The van der Waals surface area contributed by atoms with Crippen molar-refractivity contribution in [3.8, 4) is 11.5 Å². The molecule has 164 valence electrons. The van der Waals surface area contributed by atoms with Crippen molar-refractivity contribution >= 4 is 43.3 Å². The van der Waals surface area contributed by atoms with Crippen LogP contribution < -0.4 is 9.47 Å². The minimum atomic E-state index is -0.510. The number of cyclic esters (lactones) is 1. The molecule has 7 nitrogen and oxygen atoms in total. The van der Waals surface area contributed by atoms with Crippen molar-refractivity contribution < 1.29 is 33.1 Å². The van der Waals surface area contributed by atoms with E-state index in [0.717, 1.165) is 11.1 Å². The first-order chi connectivity index (χ1) is 14.3. The zero-order valence-corrected chi connectivity index (χ0v) is 20.1. The fourth-order valence-corrected chi connectivity index (χ4v) is 3.63. The molecule has 0 fully saturated rings. The maximum absolute atomic E-state index is 12.4. The highest BCUT2D eigenvalue weighted by molar-refractivity contribution is 9.09. The number of rotatable bonds is 10. The molecule has 1 aromatic carbocycles. The van der Waals surface area contributed by atoms with Gasteiger partial charge < -0.3 is 18.7 Å². The molecule has 0 aliphatic carbocycles. The molecule has 30 heavy (non-hydrogen) atoms. The predicted molar refractivity (Wildman–Crippen MR) is 118 cm³/mol. The molecule has 1 aliphatic heterocycles. The van der Waals surface area contributed by atoms with E-state index in [1.54, 1.807) is 0 Å². The summed E-state index contributed by atoms with van der Waals surface area (Å²) >= 11 is 3.30. The van der Waals surface area contributed by atoms with Crippen LogP contribution in [0.2, 0.25) is 0 Å². The number of halogens is 1. The molecule has 2 rings (SSSR count). The minimum absolute atomic E-state index is 0.120. The van der Waals surface area contributed by atoms with Gasteiger partial charge in [-0.3, -0.25) is 9.59 Å². The molecular formula is C21H26BrO7P. The lowest BCUT2D eigenvalue weighted by Crippen LogP contribution is -2.14. The summed E-state index contributed by atoms with van der Waals surface area (Å²) in [5.74, 6) is -0.494. The lowest BCUT2D eigenvalue weighted by Gasteiger charge is -2.18. The number of methoxy groups -OCH3 is 1. The summed E-state index contributed by atoms with van der Waals surface area (Å²) in [6.45, 7) is 3.87. The Kier molecular flexibility index (Phi) is 9.31. The van der Waals surface area contributed by atoms with Crippen LogP contribution >= 0.6 is 25.4 Å². The van der Waals surface area contributed by atoms with Gasteiger partial charge in [0.05, 0.1) is 16.6 Å². The molecule has 0 radical (unpaired) electrons. The highest BCUT2D eigenvalue weighted by Crippen LogP contribution is 2.43. The van der Waals surface area contributed by atoms with E-state index in [-0.39, 0.29) is 36.7 Å². The Morgan fingerprint density at radius 1 is 1.20 bits per heavy atom. The fraction of sp³-hybridized carbons (Fsp3) is 0.476. The van der Waals surface area contributed by atoms with E-state index < -0.39 is 11.9 Å². The van der Waals surface area contributed by atoms with Gasteiger partial charge in [-0.15, -0.1) is 0 Å². The highest BCUT2D eigenvalue weighted by atomic mass is 79.9. The van der Waals surface area contributed by atoms with E-state index in [0.29, 0.717) is 41.5 Å². The van der Waals surface area contributed by atoms with Crippen LogP contribution in [0.4, 0.5) is 0 Å². The van der Waals surface area contributed by atoms with Crippen LogP contribution in [0.25, 0.3) is 0 Å². The third kappa shape index (κ3) is 5.82. The van der Waals surface area contributed by atoms with Gasteiger partial charge in [-0.05, 0) is 38.7 Å². The standard InChI is InChI=1S/C21H26BrO7P/c1-12(7-9-17(24)29-30)6-8-14-19(26-3)13(2)15-11-27-21(25)18(15)20(14)28-16(23)5-4-10-22/h6H,4-5,7-11,30H2,1-3H3/b12-6+. The van der Waals surface area contributed by atoms with Crippen molar-refractivity contribution in [3.63, 3.8) is 0 Å². The number of alkyl halides is 1. The van der Waals surface area contributed by atoms with E-state index in [1.165, 1.54) is 7.11 Å². The van der Waals surface area contributed by atoms with Crippen LogP contribution in [0.1, 0.15) is 59.7 Å². The molecule has 1 heterocycles. The topological polar surface area (TPSA) is 88.1 Å². The van der Waals surface area contributed by atoms with Crippen molar-refractivity contribution in [2.45, 2.75) is 52.6 Å². The number of hydrogen-bond acceptors (Lipinski definition) is 7. The van der Waals surface area contributed by atoms with E-state index in [2.05, 4.69) is 20.5 Å². The molecule has 1 atom stereocenters. The number of allylic oxidation sites excluding steroid dienone is 2. The second-order valence-electron chi connectivity index (χ2n) is 6.91. The second-order valence-corrected chi connectivity index (χ2v) is 7.94. The Hall–Kier alpha value is -1.92. The van der Waals surface area contributed by atoms with Gasteiger partial charge in [0.2, 0.25) is 0 Å². The molecule has 0 amide bonds. The maximum atomic E-state index is 12.4. The number of esters is 2.